The van der Waals surface area contributed by atoms with Gasteiger partial charge in [-0.25, -0.2) is 4.99 Å². The van der Waals surface area contributed by atoms with Gasteiger partial charge in [-0.05, 0) is 69.2 Å². The molecule has 4 rings (SSSR count). The van der Waals surface area contributed by atoms with Crippen LogP contribution in [0.3, 0.4) is 0 Å². The van der Waals surface area contributed by atoms with E-state index in [0.29, 0.717) is 16.7 Å². The van der Waals surface area contributed by atoms with E-state index in [1.54, 1.807) is 0 Å². The average Bonchev–Trinajstić information content (AvgIpc) is 3.07. The standard InChI is InChI=1S/C23H17BrN2O2S/c24-19-13-17(11-12-20(19)28-15-16-7-3-1-4-8-16)14-21-22(27)26-23(29-21)25-18-9-5-2-6-10-18/h1-14H,15H2,(H,25,26,27)/b21-14+. The highest BCUT2D eigenvalue weighted by Crippen LogP contribution is 2.31. The number of halogens is 1. The first-order valence-electron chi connectivity index (χ1n) is 8.98. The zero-order chi connectivity index (χ0) is 20.1. The minimum absolute atomic E-state index is 0.148. The van der Waals surface area contributed by atoms with Crippen LogP contribution in [0.5, 0.6) is 5.75 Å². The zero-order valence-electron chi connectivity index (χ0n) is 15.3. The monoisotopic (exact) mass is 464 g/mol. The molecule has 0 bridgehead atoms. The Balaban J connectivity index is 1.46. The number of carbonyl (C=O) groups excluding carboxylic acids is 1. The first kappa shape index (κ1) is 19.5. The van der Waals surface area contributed by atoms with Crippen LogP contribution in [-0.2, 0) is 11.4 Å². The fraction of sp³-hybridized carbons (Fsp3) is 0.0435. The highest BCUT2D eigenvalue weighted by atomic mass is 79.9. The lowest BCUT2D eigenvalue weighted by molar-refractivity contribution is -0.115. The highest BCUT2D eigenvalue weighted by Gasteiger charge is 2.23. The molecular weight excluding hydrogens is 448 g/mol. The number of amides is 1. The maximum Gasteiger partial charge on any atom is 0.264 e. The van der Waals surface area contributed by atoms with Crippen LogP contribution in [0.2, 0.25) is 0 Å². The lowest BCUT2D eigenvalue weighted by Crippen LogP contribution is -2.19. The molecule has 0 radical (unpaired) electrons. The van der Waals surface area contributed by atoms with Crippen LogP contribution in [-0.4, -0.2) is 11.1 Å². The van der Waals surface area contributed by atoms with E-state index in [0.717, 1.165) is 27.0 Å². The molecule has 6 heteroatoms. The second kappa shape index (κ2) is 9.11. The summed E-state index contributed by atoms with van der Waals surface area (Å²) in [6, 6.07) is 25.3. The number of para-hydroxylation sites is 1. The van der Waals surface area contributed by atoms with Crippen molar-refractivity contribution < 1.29 is 9.53 Å². The summed E-state index contributed by atoms with van der Waals surface area (Å²) in [5.74, 6) is 0.607. The Hall–Kier alpha value is -2.83. The van der Waals surface area contributed by atoms with Gasteiger partial charge in [-0.3, -0.25) is 4.79 Å². The Kier molecular flexibility index (Phi) is 6.12. The van der Waals surface area contributed by atoms with Gasteiger partial charge >= 0.3 is 0 Å². The summed E-state index contributed by atoms with van der Waals surface area (Å²) >= 11 is 4.89. The summed E-state index contributed by atoms with van der Waals surface area (Å²) in [4.78, 5) is 17.3. The third kappa shape index (κ3) is 5.16. The summed E-state index contributed by atoms with van der Waals surface area (Å²) in [6.45, 7) is 0.497. The minimum atomic E-state index is -0.148. The van der Waals surface area contributed by atoms with Crippen molar-refractivity contribution in [2.75, 3.05) is 0 Å². The summed E-state index contributed by atoms with van der Waals surface area (Å²) in [5, 5.41) is 3.38. The van der Waals surface area contributed by atoms with Gasteiger partial charge in [0.15, 0.2) is 5.17 Å². The molecule has 0 aliphatic carbocycles. The number of benzene rings is 3. The van der Waals surface area contributed by atoms with Gasteiger partial charge in [0.25, 0.3) is 5.91 Å². The molecule has 4 nitrogen and oxygen atoms in total. The van der Waals surface area contributed by atoms with E-state index in [1.165, 1.54) is 11.8 Å². The SMILES string of the molecule is O=C1NC(=Nc2ccccc2)S/C1=C/c1ccc(OCc2ccccc2)c(Br)c1. The molecule has 0 aromatic heterocycles. The second-order valence-electron chi connectivity index (χ2n) is 6.28. The van der Waals surface area contributed by atoms with Gasteiger partial charge in [0.2, 0.25) is 0 Å². The summed E-state index contributed by atoms with van der Waals surface area (Å²) in [5.41, 5.74) is 2.82. The van der Waals surface area contributed by atoms with Gasteiger partial charge in [-0.1, -0.05) is 54.6 Å². The highest BCUT2D eigenvalue weighted by molar-refractivity contribution is 9.10. The number of rotatable bonds is 5. The Bertz CT molecular complexity index is 1080. The van der Waals surface area contributed by atoms with Gasteiger partial charge in [-0.2, -0.15) is 0 Å². The van der Waals surface area contributed by atoms with Crippen molar-refractivity contribution in [3.63, 3.8) is 0 Å². The Labute approximate surface area is 181 Å². The predicted octanol–water partition coefficient (Wildman–Crippen LogP) is 5.92. The molecule has 29 heavy (non-hydrogen) atoms. The lowest BCUT2D eigenvalue weighted by Gasteiger charge is -2.09. The van der Waals surface area contributed by atoms with E-state index in [4.69, 9.17) is 4.74 Å². The van der Waals surface area contributed by atoms with Crippen molar-refractivity contribution in [3.05, 3.63) is 99.4 Å². The number of aliphatic imine (C=N–C) groups is 1. The number of nitrogens with zero attached hydrogens (tertiary/aromatic N) is 1. The van der Waals surface area contributed by atoms with Crippen LogP contribution in [0, 0.1) is 0 Å². The maximum atomic E-state index is 12.3. The molecule has 0 spiro atoms. The van der Waals surface area contributed by atoms with Crippen LogP contribution in [0.1, 0.15) is 11.1 Å². The summed E-state index contributed by atoms with van der Waals surface area (Å²) in [7, 11) is 0. The number of hydrogen-bond donors (Lipinski definition) is 1. The molecule has 0 atom stereocenters. The molecule has 0 unspecified atom stereocenters. The third-order valence-electron chi connectivity index (χ3n) is 4.13. The Morgan fingerprint density at radius 1 is 1.00 bits per heavy atom. The molecule has 3 aromatic rings. The number of nitrogens with one attached hydrogen (secondary N) is 1. The topological polar surface area (TPSA) is 50.7 Å². The molecule has 1 aliphatic heterocycles. The fourth-order valence-electron chi connectivity index (χ4n) is 2.71. The molecule has 1 amide bonds. The predicted molar refractivity (Wildman–Crippen MR) is 122 cm³/mol. The molecule has 1 heterocycles. The van der Waals surface area contributed by atoms with E-state index >= 15 is 0 Å². The van der Waals surface area contributed by atoms with Gasteiger partial charge in [0.1, 0.15) is 12.4 Å². The molecule has 1 N–H and O–H groups in total. The molecular formula is C23H17BrN2O2S. The molecule has 1 fully saturated rings. The normalized spacial score (nSPS) is 16.2. The molecule has 1 aliphatic rings. The first-order chi connectivity index (χ1) is 14.2. The van der Waals surface area contributed by atoms with E-state index in [9.17, 15) is 4.79 Å². The van der Waals surface area contributed by atoms with Gasteiger partial charge in [0, 0.05) is 0 Å². The van der Waals surface area contributed by atoms with Crippen LogP contribution in [0.4, 0.5) is 5.69 Å². The number of hydrogen-bond acceptors (Lipinski definition) is 4. The Morgan fingerprint density at radius 2 is 1.72 bits per heavy atom. The molecule has 0 saturated carbocycles. The van der Waals surface area contributed by atoms with E-state index < -0.39 is 0 Å². The first-order valence-corrected chi connectivity index (χ1v) is 10.6. The van der Waals surface area contributed by atoms with Gasteiger partial charge in [-0.15, -0.1) is 0 Å². The maximum absolute atomic E-state index is 12.3. The Morgan fingerprint density at radius 3 is 2.45 bits per heavy atom. The molecule has 3 aromatic carbocycles. The minimum Gasteiger partial charge on any atom is -0.488 e. The van der Waals surface area contributed by atoms with Gasteiger partial charge in [0.05, 0.1) is 15.1 Å². The van der Waals surface area contributed by atoms with Crippen LogP contribution >= 0.6 is 27.7 Å². The van der Waals surface area contributed by atoms with Gasteiger partial charge < -0.3 is 10.1 Å². The fourth-order valence-corrected chi connectivity index (χ4v) is 4.06. The van der Waals surface area contributed by atoms with E-state index in [-0.39, 0.29) is 5.91 Å². The summed E-state index contributed by atoms with van der Waals surface area (Å²) < 4.78 is 6.72. The van der Waals surface area contributed by atoms with Crippen molar-refractivity contribution in [2.24, 2.45) is 4.99 Å². The molecule has 1 saturated heterocycles. The number of ether oxygens (including phenoxy) is 1. The van der Waals surface area contributed by atoms with Crippen LogP contribution in [0.15, 0.2) is 93.2 Å². The second-order valence-corrected chi connectivity index (χ2v) is 8.17. The quantitative estimate of drug-likeness (QED) is 0.476. The van der Waals surface area contributed by atoms with Crippen LogP contribution < -0.4 is 10.1 Å². The number of thioether (sulfide) groups is 1. The van der Waals surface area contributed by atoms with Crippen molar-refractivity contribution in [2.45, 2.75) is 6.61 Å². The van der Waals surface area contributed by atoms with Crippen molar-refractivity contribution >= 4 is 50.5 Å². The third-order valence-corrected chi connectivity index (χ3v) is 5.66. The lowest BCUT2D eigenvalue weighted by atomic mass is 10.2. The average molecular weight is 465 g/mol. The van der Waals surface area contributed by atoms with Crippen molar-refractivity contribution in [3.8, 4) is 5.75 Å². The van der Waals surface area contributed by atoms with Crippen molar-refractivity contribution in [1.82, 2.24) is 5.32 Å². The smallest absolute Gasteiger partial charge is 0.264 e. The summed E-state index contributed by atoms with van der Waals surface area (Å²) in [6.07, 6.45) is 1.85. The largest absolute Gasteiger partial charge is 0.488 e. The van der Waals surface area contributed by atoms with Crippen molar-refractivity contribution in [1.29, 1.82) is 0 Å². The number of amidine groups is 1. The zero-order valence-corrected chi connectivity index (χ0v) is 17.7. The van der Waals surface area contributed by atoms with E-state index in [1.807, 2.05) is 84.9 Å². The molecule has 144 valence electrons. The van der Waals surface area contributed by atoms with E-state index in [2.05, 4.69) is 26.2 Å². The number of carbonyl (C=O) groups is 1. The van der Waals surface area contributed by atoms with Crippen LogP contribution in [0.25, 0.3) is 6.08 Å².